The average molecular weight is 320 g/mol. The van der Waals surface area contributed by atoms with Gasteiger partial charge in [0.15, 0.2) is 0 Å². The Bertz CT molecular complexity index is 561. The number of thiophene rings is 1. The Balaban J connectivity index is 1.51. The molecule has 1 saturated heterocycles. The predicted molar refractivity (Wildman–Crippen MR) is 88.3 cm³/mol. The van der Waals surface area contributed by atoms with Gasteiger partial charge in [-0.05, 0) is 43.6 Å². The zero-order valence-corrected chi connectivity index (χ0v) is 14.0. The summed E-state index contributed by atoms with van der Waals surface area (Å²) in [5.41, 5.74) is 2.08. The molecule has 0 spiro atoms. The van der Waals surface area contributed by atoms with E-state index >= 15 is 0 Å². The molecule has 0 saturated carbocycles. The lowest BCUT2D eigenvalue weighted by Gasteiger charge is -2.19. The lowest BCUT2D eigenvalue weighted by molar-refractivity contribution is -0.129. The van der Waals surface area contributed by atoms with Crippen molar-refractivity contribution >= 4 is 23.2 Å². The molecule has 1 N–H and O–H groups in total. The molecule has 22 heavy (non-hydrogen) atoms. The van der Waals surface area contributed by atoms with Gasteiger partial charge < -0.3 is 10.2 Å². The van der Waals surface area contributed by atoms with Gasteiger partial charge in [-0.3, -0.25) is 9.59 Å². The number of likely N-dealkylation sites (tertiary alicyclic amines) is 1. The molecule has 3 rings (SSSR count). The Morgan fingerprint density at radius 2 is 2.14 bits per heavy atom. The number of hydrogen-bond donors (Lipinski definition) is 1. The van der Waals surface area contributed by atoms with Crippen LogP contribution in [0.25, 0.3) is 0 Å². The van der Waals surface area contributed by atoms with Crippen LogP contribution in [0.1, 0.15) is 53.4 Å². The summed E-state index contributed by atoms with van der Waals surface area (Å²) in [6.07, 6.45) is 5.90. The van der Waals surface area contributed by atoms with E-state index in [0.717, 1.165) is 56.7 Å². The molecule has 0 radical (unpaired) electrons. The van der Waals surface area contributed by atoms with E-state index in [-0.39, 0.29) is 11.8 Å². The molecule has 2 amide bonds. The van der Waals surface area contributed by atoms with Crippen molar-refractivity contribution in [3.63, 3.8) is 0 Å². The van der Waals surface area contributed by atoms with Gasteiger partial charge in [-0.2, -0.15) is 0 Å². The van der Waals surface area contributed by atoms with E-state index < -0.39 is 0 Å². The van der Waals surface area contributed by atoms with E-state index in [9.17, 15) is 9.59 Å². The van der Waals surface area contributed by atoms with Gasteiger partial charge in [0, 0.05) is 36.3 Å². The van der Waals surface area contributed by atoms with Crippen LogP contribution in [-0.4, -0.2) is 36.3 Å². The molecule has 0 bridgehead atoms. The number of nitrogens with zero attached hydrogens (tertiary/aromatic N) is 1. The van der Waals surface area contributed by atoms with Crippen LogP contribution in [0.5, 0.6) is 0 Å². The van der Waals surface area contributed by atoms with Gasteiger partial charge in [0.25, 0.3) is 5.91 Å². The maximum Gasteiger partial charge on any atom is 0.252 e. The Morgan fingerprint density at radius 1 is 1.36 bits per heavy atom. The van der Waals surface area contributed by atoms with E-state index in [0.29, 0.717) is 13.0 Å². The molecule has 2 heterocycles. The summed E-state index contributed by atoms with van der Waals surface area (Å²) in [5.74, 6) is 0.875. The lowest BCUT2D eigenvalue weighted by atomic mass is 9.88. The third kappa shape index (κ3) is 3.35. The van der Waals surface area contributed by atoms with Gasteiger partial charge in [0.2, 0.25) is 5.91 Å². The molecular weight excluding hydrogens is 296 g/mol. The molecule has 1 aliphatic heterocycles. The molecule has 120 valence electrons. The van der Waals surface area contributed by atoms with E-state index in [1.807, 2.05) is 10.3 Å². The normalized spacial score (nSPS) is 20.8. The van der Waals surface area contributed by atoms with Crippen molar-refractivity contribution < 1.29 is 9.59 Å². The summed E-state index contributed by atoms with van der Waals surface area (Å²) in [5, 5.41) is 4.91. The second kappa shape index (κ2) is 6.82. The molecule has 4 nitrogen and oxygen atoms in total. The van der Waals surface area contributed by atoms with Gasteiger partial charge in [0.1, 0.15) is 0 Å². The number of carbonyl (C=O) groups is 2. The molecule has 1 aromatic rings. The van der Waals surface area contributed by atoms with Gasteiger partial charge in [0.05, 0.1) is 5.56 Å². The lowest BCUT2D eigenvalue weighted by Crippen LogP contribution is -2.33. The van der Waals surface area contributed by atoms with E-state index in [1.54, 1.807) is 11.3 Å². The van der Waals surface area contributed by atoms with Crippen molar-refractivity contribution in [3.8, 4) is 0 Å². The summed E-state index contributed by atoms with van der Waals surface area (Å²) < 4.78 is 0. The van der Waals surface area contributed by atoms with Gasteiger partial charge in [-0.1, -0.05) is 6.92 Å². The first-order valence-electron chi connectivity index (χ1n) is 8.30. The number of fused-ring (bicyclic) bond motifs is 1. The predicted octanol–water partition coefficient (Wildman–Crippen LogP) is 2.62. The number of rotatable bonds is 4. The maximum atomic E-state index is 12.3. The minimum Gasteiger partial charge on any atom is -0.351 e. The molecule has 1 atom stereocenters. The molecule has 1 aliphatic carbocycles. The topological polar surface area (TPSA) is 49.4 Å². The second-order valence-electron chi connectivity index (χ2n) is 6.49. The van der Waals surface area contributed by atoms with Crippen molar-refractivity contribution in [2.24, 2.45) is 5.92 Å². The fourth-order valence-electron chi connectivity index (χ4n) is 3.37. The third-order valence-electron chi connectivity index (χ3n) is 4.73. The van der Waals surface area contributed by atoms with Gasteiger partial charge >= 0.3 is 0 Å². The Kier molecular flexibility index (Phi) is 4.81. The molecular formula is C17H24N2O2S. The van der Waals surface area contributed by atoms with Crippen molar-refractivity contribution in [2.45, 2.75) is 45.4 Å². The summed E-state index contributed by atoms with van der Waals surface area (Å²) >= 11 is 1.71. The minimum atomic E-state index is -0.0127. The fourth-order valence-corrected chi connectivity index (χ4v) is 4.62. The van der Waals surface area contributed by atoms with E-state index in [2.05, 4.69) is 12.2 Å². The molecule has 0 aromatic carbocycles. The van der Waals surface area contributed by atoms with E-state index in [4.69, 9.17) is 0 Å². The SMILES string of the molecule is CC1CCc2c(C(=O)NCCC(=O)N3CCCC3)csc2C1. The van der Waals surface area contributed by atoms with Crippen LogP contribution in [0, 0.1) is 5.92 Å². The standard InChI is InChI=1S/C17H24N2O2S/c1-12-4-5-13-14(11-22-15(13)10-12)17(21)18-7-6-16(20)19-8-2-3-9-19/h11-12H,2-10H2,1H3,(H,18,21). The zero-order valence-electron chi connectivity index (χ0n) is 13.2. The number of nitrogens with one attached hydrogen (secondary N) is 1. The highest BCUT2D eigenvalue weighted by atomic mass is 32.1. The molecule has 1 fully saturated rings. The number of hydrogen-bond acceptors (Lipinski definition) is 3. The van der Waals surface area contributed by atoms with Crippen molar-refractivity contribution in [2.75, 3.05) is 19.6 Å². The Morgan fingerprint density at radius 3 is 2.91 bits per heavy atom. The molecule has 2 aliphatic rings. The summed E-state index contributed by atoms with van der Waals surface area (Å²) in [4.78, 5) is 27.6. The first-order chi connectivity index (χ1) is 10.6. The van der Waals surface area contributed by atoms with Crippen LogP contribution in [0.3, 0.4) is 0 Å². The van der Waals surface area contributed by atoms with E-state index in [1.165, 1.54) is 10.4 Å². The largest absolute Gasteiger partial charge is 0.351 e. The van der Waals surface area contributed by atoms with Crippen molar-refractivity contribution in [3.05, 3.63) is 21.4 Å². The molecule has 1 aromatic heterocycles. The van der Waals surface area contributed by atoms with Crippen LogP contribution in [-0.2, 0) is 17.6 Å². The third-order valence-corrected chi connectivity index (χ3v) is 5.78. The quantitative estimate of drug-likeness (QED) is 0.927. The summed E-state index contributed by atoms with van der Waals surface area (Å²) in [6.45, 7) is 4.47. The molecule has 1 unspecified atom stereocenters. The first-order valence-corrected chi connectivity index (χ1v) is 9.18. The van der Waals surface area contributed by atoms with Crippen LogP contribution in [0.4, 0.5) is 0 Å². The highest BCUT2D eigenvalue weighted by molar-refractivity contribution is 7.10. The highest BCUT2D eigenvalue weighted by Gasteiger charge is 2.23. The van der Waals surface area contributed by atoms with Crippen molar-refractivity contribution in [1.82, 2.24) is 10.2 Å². The summed E-state index contributed by atoms with van der Waals surface area (Å²) in [7, 11) is 0. The average Bonchev–Trinajstić information content (AvgIpc) is 3.16. The Hall–Kier alpha value is -1.36. The van der Waals surface area contributed by atoms with Crippen LogP contribution in [0.15, 0.2) is 5.38 Å². The van der Waals surface area contributed by atoms with Crippen LogP contribution in [0.2, 0.25) is 0 Å². The minimum absolute atomic E-state index is 0.0127. The summed E-state index contributed by atoms with van der Waals surface area (Å²) in [6, 6.07) is 0. The Labute approximate surface area is 135 Å². The van der Waals surface area contributed by atoms with Crippen molar-refractivity contribution in [1.29, 1.82) is 0 Å². The monoisotopic (exact) mass is 320 g/mol. The van der Waals surface area contributed by atoms with Crippen LogP contribution < -0.4 is 5.32 Å². The number of amides is 2. The smallest absolute Gasteiger partial charge is 0.252 e. The van der Waals surface area contributed by atoms with Gasteiger partial charge in [-0.25, -0.2) is 0 Å². The fraction of sp³-hybridized carbons (Fsp3) is 0.647. The van der Waals surface area contributed by atoms with Crippen LogP contribution >= 0.6 is 11.3 Å². The maximum absolute atomic E-state index is 12.3. The van der Waals surface area contributed by atoms with Gasteiger partial charge in [-0.15, -0.1) is 11.3 Å². The number of carbonyl (C=O) groups excluding carboxylic acids is 2. The highest BCUT2D eigenvalue weighted by Crippen LogP contribution is 2.32. The first kappa shape index (κ1) is 15.5. The zero-order chi connectivity index (χ0) is 15.5. The molecule has 5 heteroatoms. The second-order valence-corrected chi connectivity index (χ2v) is 7.46.